The van der Waals surface area contributed by atoms with Gasteiger partial charge in [0.1, 0.15) is 0 Å². The summed E-state index contributed by atoms with van der Waals surface area (Å²) in [5.74, 6) is 0.0417. The molecule has 0 amide bonds. The van der Waals surface area contributed by atoms with Crippen LogP contribution in [0.15, 0.2) is 12.1 Å². The first-order chi connectivity index (χ1) is 4.18. The Kier molecular flexibility index (Phi) is 1.39. The second-order valence-corrected chi connectivity index (χ2v) is 2.09. The van der Waals surface area contributed by atoms with Gasteiger partial charge < -0.3 is 0 Å². The summed E-state index contributed by atoms with van der Waals surface area (Å²) in [6, 6.07) is 3.04. The van der Waals surface area contributed by atoms with Gasteiger partial charge in [-0.15, -0.1) is 0 Å². The van der Waals surface area contributed by atoms with Crippen molar-refractivity contribution in [1.82, 2.24) is 4.98 Å². The van der Waals surface area contributed by atoms with Gasteiger partial charge >= 0.3 is 0 Å². The van der Waals surface area contributed by atoms with E-state index in [9.17, 15) is 5.11 Å². The minimum absolute atomic E-state index is 0.0417. The molecule has 0 unspecified atom stereocenters. The fourth-order valence-electron chi connectivity index (χ4n) is 0.796. The third-order valence-corrected chi connectivity index (χ3v) is 1.05. The number of rotatable bonds is 0. The van der Waals surface area contributed by atoms with Gasteiger partial charge in [-0.3, -0.25) is 10.1 Å². The minimum atomic E-state index is 0.0417. The lowest BCUT2D eigenvalue weighted by atomic mass is 10.3. The summed E-state index contributed by atoms with van der Waals surface area (Å²) < 4.78 is 0. The van der Waals surface area contributed by atoms with Gasteiger partial charge in [0.05, 0.1) is 0 Å². The molecule has 0 aliphatic rings. The maximum Gasteiger partial charge on any atom is 0.182 e. The molecular weight excluding hydrogens is 114 g/mol. The SMILES string of the molecule is Cc1cc([O])cc(C)n1. The van der Waals surface area contributed by atoms with Crippen LogP contribution in [0.5, 0.6) is 5.75 Å². The molecule has 0 aliphatic carbocycles. The van der Waals surface area contributed by atoms with Gasteiger partial charge in [0.2, 0.25) is 0 Å². The molecule has 1 heterocycles. The third kappa shape index (κ3) is 1.42. The predicted octanol–water partition coefficient (Wildman–Crippen LogP) is 1.84. The van der Waals surface area contributed by atoms with Crippen molar-refractivity contribution in [1.29, 1.82) is 0 Å². The van der Waals surface area contributed by atoms with Crippen molar-refractivity contribution >= 4 is 0 Å². The highest BCUT2D eigenvalue weighted by Gasteiger charge is 1.93. The standard InChI is InChI=1S/C7H8NO/c1-5-3-7(9)4-6(2)8-5/h3-4H,1-2H3. The van der Waals surface area contributed by atoms with Gasteiger partial charge in [0.25, 0.3) is 0 Å². The van der Waals surface area contributed by atoms with E-state index < -0.39 is 0 Å². The van der Waals surface area contributed by atoms with Gasteiger partial charge in [-0.2, -0.15) is 0 Å². The molecule has 2 heteroatoms. The van der Waals surface area contributed by atoms with Crippen LogP contribution in [0, 0.1) is 13.8 Å². The second kappa shape index (κ2) is 2.05. The predicted molar refractivity (Wildman–Crippen MR) is 33.8 cm³/mol. The smallest absolute Gasteiger partial charge is 0.182 e. The van der Waals surface area contributed by atoms with E-state index in [1.807, 2.05) is 13.8 Å². The summed E-state index contributed by atoms with van der Waals surface area (Å²) in [7, 11) is 0. The molecule has 1 rings (SSSR count). The molecule has 1 aromatic rings. The number of aromatic nitrogens is 1. The quantitative estimate of drug-likeness (QED) is 0.516. The van der Waals surface area contributed by atoms with Crippen LogP contribution < -0.4 is 0 Å². The Hall–Kier alpha value is -1.05. The first kappa shape index (κ1) is 6.08. The van der Waals surface area contributed by atoms with E-state index in [-0.39, 0.29) is 5.75 Å². The molecule has 47 valence electrons. The zero-order chi connectivity index (χ0) is 6.85. The minimum Gasteiger partial charge on any atom is -0.290 e. The van der Waals surface area contributed by atoms with Gasteiger partial charge in [0.15, 0.2) is 5.75 Å². The van der Waals surface area contributed by atoms with Crippen LogP contribution in [0.1, 0.15) is 11.4 Å². The molecule has 0 spiro atoms. The molecule has 0 saturated carbocycles. The van der Waals surface area contributed by atoms with Crippen LogP contribution in [0.2, 0.25) is 0 Å². The molecule has 0 N–H and O–H groups in total. The van der Waals surface area contributed by atoms with Crippen molar-refractivity contribution in [3.63, 3.8) is 0 Å². The van der Waals surface area contributed by atoms with E-state index in [1.54, 1.807) is 0 Å². The molecule has 0 saturated heterocycles. The van der Waals surface area contributed by atoms with Crippen molar-refractivity contribution < 1.29 is 5.11 Å². The average Bonchev–Trinajstić information content (AvgIpc) is 1.59. The summed E-state index contributed by atoms with van der Waals surface area (Å²) in [4.78, 5) is 4.03. The summed E-state index contributed by atoms with van der Waals surface area (Å²) in [6.45, 7) is 3.63. The second-order valence-electron chi connectivity index (χ2n) is 2.09. The van der Waals surface area contributed by atoms with Crippen LogP contribution >= 0.6 is 0 Å². The highest BCUT2D eigenvalue weighted by molar-refractivity contribution is 5.23. The molecule has 0 atom stereocenters. The summed E-state index contributed by atoms with van der Waals surface area (Å²) in [5, 5.41) is 10.7. The molecule has 9 heavy (non-hydrogen) atoms. The largest absolute Gasteiger partial charge is 0.290 e. The molecule has 2 nitrogen and oxygen atoms in total. The lowest BCUT2D eigenvalue weighted by molar-refractivity contribution is 0.353. The molecular formula is C7H8NO. The Morgan fingerprint density at radius 2 is 1.67 bits per heavy atom. The van der Waals surface area contributed by atoms with E-state index >= 15 is 0 Å². The van der Waals surface area contributed by atoms with Crippen LogP contribution in [-0.2, 0) is 5.11 Å². The fourth-order valence-corrected chi connectivity index (χ4v) is 0.796. The summed E-state index contributed by atoms with van der Waals surface area (Å²) in [5.41, 5.74) is 1.58. The van der Waals surface area contributed by atoms with Gasteiger partial charge in [-0.1, -0.05) is 0 Å². The maximum absolute atomic E-state index is 10.7. The Morgan fingerprint density at radius 1 is 1.22 bits per heavy atom. The Bertz CT molecular complexity index is 170. The molecule has 0 aromatic carbocycles. The zero-order valence-corrected chi connectivity index (χ0v) is 5.51. The van der Waals surface area contributed by atoms with E-state index in [1.165, 1.54) is 12.1 Å². The fraction of sp³-hybridized carbons (Fsp3) is 0.286. The van der Waals surface area contributed by atoms with Crippen LogP contribution in [0.25, 0.3) is 0 Å². The molecule has 1 radical (unpaired) electrons. The monoisotopic (exact) mass is 122 g/mol. The van der Waals surface area contributed by atoms with Crippen molar-refractivity contribution in [3.8, 4) is 5.75 Å². The summed E-state index contributed by atoms with van der Waals surface area (Å²) >= 11 is 0. The lowest BCUT2D eigenvalue weighted by Crippen LogP contribution is -1.82. The van der Waals surface area contributed by atoms with Crippen molar-refractivity contribution in [2.24, 2.45) is 0 Å². The van der Waals surface area contributed by atoms with Gasteiger partial charge in [-0.05, 0) is 13.8 Å². The van der Waals surface area contributed by atoms with E-state index in [0.717, 1.165) is 11.4 Å². The number of hydrogen-bond acceptors (Lipinski definition) is 1. The number of aryl methyl sites for hydroxylation is 2. The highest BCUT2D eigenvalue weighted by atomic mass is 16.3. The van der Waals surface area contributed by atoms with Gasteiger partial charge in [-0.25, -0.2) is 0 Å². The lowest BCUT2D eigenvalue weighted by Gasteiger charge is -1.92. The Labute approximate surface area is 54.2 Å². The van der Waals surface area contributed by atoms with Crippen molar-refractivity contribution in [3.05, 3.63) is 23.5 Å². The number of hydrogen-bond donors (Lipinski definition) is 0. The summed E-state index contributed by atoms with van der Waals surface area (Å²) in [6.07, 6.45) is 0. The Morgan fingerprint density at radius 3 is 2.00 bits per heavy atom. The van der Waals surface area contributed by atoms with Crippen LogP contribution in [0.3, 0.4) is 0 Å². The van der Waals surface area contributed by atoms with Crippen LogP contribution in [0.4, 0.5) is 0 Å². The van der Waals surface area contributed by atoms with E-state index in [4.69, 9.17) is 0 Å². The first-order valence-electron chi connectivity index (χ1n) is 2.81. The molecule has 0 aliphatic heterocycles. The molecule has 0 fully saturated rings. The van der Waals surface area contributed by atoms with E-state index in [2.05, 4.69) is 4.98 Å². The average molecular weight is 122 g/mol. The van der Waals surface area contributed by atoms with Crippen molar-refractivity contribution in [2.75, 3.05) is 0 Å². The molecule has 0 bridgehead atoms. The normalized spacial score (nSPS) is 9.56. The number of pyridine rings is 1. The zero-order valence-electron chi connectivity index (χ0n) is 5.51. The third-order valence-electron chi connectivity index (χ3n) is 1.05. The highest BCUT2D eigenvalue weighted by Crippen LogP contribution is 2.10. The first-order valence-corrected chi connectivity index (χ1v) is 2.81. The molecule has 1 aromatic heterocycles. The van der Waals surface area contributed by atoms with Crippen molar-refractivity contribution in [2.45, 2.75) is 13.8 Å². The van der Waals surface area contributed by atoms with Gasteiger partial charge in [0, 0.05) is 23.5 Å². The van der Waals surface area contributed by atoms with E-state index in [0.29, 0.717) is 0 Å². The Balaban J connectivity index is 3.17. The topological polar surface area (TPSA) is 32.8 Å². The number of nitrogens with zero attached hydrogens (tertiary/aromatic N) is 1. The van der Waals surface area contributed by atoms with Crippen LogP contribution in [-0.4, -0.2) is 4.98 Å². The maximum atomic E-state index is 10.7.